The fourth-order valence-corrected chi connectivity index (χ4v) is 6.94. The summed E-state index contributed by atoms with van der Waals surface area (Å²) in [5.41, 5.74) is 2.22. The van der Waals surface area contributed by atoms with Crippen LogP contribution in [-0.2, 0) is 22.6 Å². The number of hydrogen-bond acceptors (Lipinski definition) is 8. The summed E-state index contributed by atoms with van der Waals surface area (Å²) in [4.78, 5) is 56.1. The number of carbonyl (C=O) groups is 4. The van der Waals surface area contributed by atoms with Crippen LogP contribution in [0.3, 0.4) is 0 Å². The molecule has 17 heteroatoms. The quantitative estimate of drug-likeness (QED) is 0.101. The molecule has 0 radical (unpaired) electrons. The molecular weight excluding hydrogens is 944 g/mol. The van der Waals surface area contributed by atoms with Crippen molar-refractivity contribution in [3.8, 4) is 5.75 Å². The third-order valence-corrected chi connectivity index (χ3v) is 11.0. The number of anilines is 2. The zero-order chi connectivity index (χ0) is 45.1. The largest absolute Gasteiger partial charge is 0.465 e. The minimum atomic E-state index is -0.779. The van der Waals surface area contributed by atoms with Gasteiger partial charge in [0.1, 0.15) is 29.0 Å². The average molecular weight is 987 g/mol. The van der Waals surface area contributed by atoms with Crippen LogP contribution < -0.4 is 14.5 Å². The number of halogens is 6. The Bertz CT molecular complexity index is 2420. The predicted octanol–water partition coefficient (Wildman–Crippen LogP) is 10.3. The van der Waals surface area contributed by atoms with E-state index in [9.17, 15) is 36.7 Å². The molecule has 0 saturated carbocycles. The van der Waals surface area contributed by atoms with Crippen molar-refractivity contribution >= 4 is 67.3 Å². The van der Waals surface area contributed by atoms with Crippen molar-refractivity contribution in [3.05, 3.63) is 157 Å². The second-order valence-electron chi connectivity index (χ2n) is 13.8. The summed E-state index contributed by atoms with van der Waals surface area (Å²) >= 11 is 6.24. The van der Waals surface area contributed by atoms with Gasteiger partial charge in [0.15, 0.2) is 0 Å². The second kappa shape index (κ2) is 21.8. The Morgan fingerprint density at radius 2 is 1.08 bits per heavy atom. The van der Waals surface area contributed by atoms with Crippen LogP contribution in [0.1, 0.15) is 44.3 Å². The van der Waals surface area contributed by atoms with Crippen molar-refractivity contribution < 1.29 is 51.0 Å². The first-order valence-electron chi connectivity index (χ1n) is 19.1. The highest BCUT2D eigenvalue weighted by Crippen LogP contribution is 2.29. The van der Waals surface area contributed by atoms with Crippen LogP contribution in [0.2, 0.25) is 0 Å². The SMILES string of the molecule is CCN1CCN(C(=O)N(Cc2ccc(C(=O)OC)cc2F)c2ccc(F)c(Br)c2)CC1.COC(=O)c1ccc(CN(C(=O)Oc2ccc(C)cc2)c2ccc(F)c(Br)c2)c(F)c1. The van der Waals surface area contributed by atoms with Gasteiger partial charge in [-0.1, -0.05) is 36.8 Å². The van der Waals surface area contributed by atoms with E-state index < -0.39 is 41.3 Å². The van der Waals surface area contributed by atoms with Gasteiger partial charge in [0.2, 0.25) is 0 Å². The smallest absolute Gasteiger partial charge is 0.420 e. The molecule has 1 aliphatic rings. The summed E-state index contributed by atoms with van der Waals surface area (Å²) in [6.07, 6.45) is -0.779. The van der Waals surface area contributed by atoms with E-state index in [0.29, 0.717) is 30.2 Å². The number of carbonyl (C=O) groups excluding carboxylic acids is 4. The number of likely N-dealkylation sites (N-methyl/N-ethyl adjacent to an activating group) is 1. The number of ether oxygens (including phenoxy) is 3. The van der Waals surface area contributed by atoms with Gasteiger partial charge >= 0.3 is 24.1 Å². The molecule has 0 unspecified atom stereocenters. The average Bonchev–Trinajstić information content (AvgIpc) is 3.27. The fraction of sp³-hybridized carbons (Fsp3) is 0.244. The first-order valence-corrected chi connectivity index (χ1v) is 20.7. The summed E-state index contributed by atoms with van der Waals surface area (Å²) < 4.78 is 71.8. The van der Waals surface area contributed by atoms with Crippen LogP contribution in [0.25, 0.3) is 0 Å². The molecule has 1 heterocycles. The van der Waals surface area contributed by atoms with E-state index >= 15 is 0 Å². The maximum absolute atomic E-state index is 14.7. The van der Waals surface area contributed by atoms with E-state index in [0.717, 1.165) is 37.3 Å². The summed E-state index contributed by atoms with van der Waals surface area (Å²) in [5, 5.41) is 0. The highest BCUT2D eigenvalue weighted by atomic mass is 79.9. The predicted molar refractivity (Wildman–Crippen MR) is 232 cm³/mol. The molecule has 5 aromatic rings. The second-order valence-corrected chi connectivity index (χ2v) is 15.6. The van der Waals surface area contributed by atoms with E-state index in [-0.39, 0.29) is 50.3 Å². The normalized spacial score (nSPS) is 12.5. The molecule has 1 fully saturated rings. The van der Waals surface area contributed by atoms with Crippen LogP contribution in [-0.4, -0.2) is 80.8 Å². The van der Waals surface area contributed by atoms with Gasteiger partial charge in [-0.25, -0.2) is 36.7 Å². The molecule has 0 bridgehead atoms. The van der Waals surface area contributed by atoms with E-state index in [1.807, 2.05) is 6.92 Å². The summed E-state index contributed by atoms with van der Waals surface area (Å²) in [7, 11) is 2.42. The van der Waals surface area contributed by atoms with Crippen molar-refractivity contribution in [2.45, 2.75) is 26.9 Å². The number of amides is 3. The van der Waals surface area contributed by atoms with Crippen molar-refractivity contribution in [2.75, 3.05) is 56.7 Å². The third kappa shape index (κ3) is 12.2. The van der Waals surface area contributed by atoms with E-state index in [4.69, 9.17) is 4.74 Å². The standard InChI is InChI=1S/C23H18BrF2NO4.C22H24BrF2N3O3/c1-14-3-8-18(9-4-14)31-23(29)27(17-7-10-20(25)19(24)12-17)13-16-6-5-15(11-21(16)26)22(28)30-2;1-3-26-8-10-27(11-9-26)22(30)28(17-6-7-19(24)18(23)13-17)14-16-5-4-15(12-20(16)25)21(29)31-2/h3-12H,13H2,1-2H3;4-7,12-13H,3,8-11,14H2,1-2H3. The molecule has 1 saturated heterocycles. The zero-order valence-corrected chi connectivity index (χ0v) is 37.3. The van der Waals surface area contributed by atoms with Gasteiger partial charge in [-0.3, -0.25) is 9.80 Å². The van der Waals surface area contributed by atoms with Gasteiger partial charge in [0.25, 0.3) is 0 Å². The molecule has 326 valence electrons. The Balaban J connectivity index is 0.000000234. The topological polar surface area (TPSA) is 109 Å². The summed E-state index contributed by atoms with van der Waals surface area (Å²) in [6, 6.07) is 22.6. The molecule has 1 aliphatic heterocycles. The molecule has 11 nitrogen and oxygen atoms in total. The number of benzene rings is 5. The first kappa shape index (κ1) is 47.3. The maximum atomic E-state index is 14.7. The molecular formula is C45H42Br2F4N4O7. The van der Waals surface area contributed by atoms with Crippen LogP contribution in [0.15, 0.2) is 106 Å². The van der Waals surface area contributed by atoms with Crippen LogP contribution >= 0.6 is 31.9 Å². The number of piperazine rings is 1. The Hall–Kier alpha value is -5.78. The van der Waals surface area contributed by atoms with Gasteiger partial charge in [0.05, 0.1) is 47.4 Å². The Morgan fingerprint density at radius 3 is 1.52 bits per heavy atom. The number of urea groups is 1. The minimum Gasteiger partial charge on any atom is -0.465 e. The van der Waals surface area contributed by atoms with Crippen LogP contribution in [0.4, 0.5) is 38.5 Å². The number of nitrogens with zero attached hydrogens (tertiary/aromatic N) is 4. The van der Waals surface area contributed by atoms with Crippen LogP contribution in [0.5, 0.6) is 5.75 Å². The minimum absolute atomic E-state index is 0.0436. The number of rotatable bonds is 10. The van der Waals surface area contributed by atoms with Crippen LogP contribution in [0, 0.1) is 30.2 Å². The molecule has 3 amide bonds. The van der Waals surface area contributed by atoms with E-state index in [2.05, 4.69) is 53.2 Å². The molecule has 0 aromatic heterocycles. The van der Waals surface area contributed by atoms with Gasteiger partial charge in [-0.15, -0.1) is 0 Å². The van der Waals surface area contributed by atoms with Gasteiger partial charge in [0, 0.05) is 48.7 Å². The lowest BCUT2D eigenvalue weighted by atomic mass is 10.1. The van der Waals surface area contributed by atoms with E-state index in [1.165, 1.54) is 84.7 Å². The summed E-state index contributed by atoms with van der Waals surface area (Å²) in [6.45, 7) is 7.21. The summed E-state index contributed by atoms with van der Waals surface area (Å²) in [5.74, 6) is -3.30. The number of methoxy groups -OCH3 is 2. The molecule has 0 atom stereocenters. The zero-order valence-electron chi connectivity index (χ0n) is 34.1. The Morgan fingerprint density at radius 1 is 0.613 bits per heavy atom. The van der Waals surface area contributed by atoms with Gasteiger partial charge in [-0.2, -0.15) is 0 Å². The van der Waals surface area contributed by atoms with E-state index in [1.54, 1.807) is 29.2 Å². The maximum Gasteiger partial charge on any atom is 0.420 e. The van der Waals surface area contributed by atoms with Crippen molar-refractivity contribution in [1.29, 1.82) is 0 Å². The highest BCUT2D eigenvalue weighted by Gasteiger charge is 2.28. The van der Waals surface area contributed by atoms with Gasteiger partial charge < -0.3 is 24.0 Å². The highest BCUT2D eigenvalue weighted by molar-refractivity contribution is 9.10. The lowest BCUT2D eigenvalue weighted by Gasteiger charge is -2.37. The van der Waals surface area contributed by atoms with Gasteiger partial charge in [-0.05, 0) is 118 Å². The first-order chi connectivity index (χ1) is 29.6. The van der Waals surface area contributed by atoms with Crippen molar-refractivity contribution in [2.24, 2.45) is 0 Å². The Labute approximate surface area is 373 Å². The molecule has 5 aromatic carbocycles. The lowest BCUT2D eigenvalue weighted by Crippen LogP contribution is -2.52. The number of aryl methyl sites for hydroxylation is 1. The van der Waals surface area contributed by atoms with Crippen molar-refractivity contribution in [1.82, 2.24) is 9.80 Å². The lowest BCUT2D eigenvalue weighted by molar-refractivity contribution is 0.0591. The number of esters is 2. The molecule has 0 N–H and O–H groups in total. The molecule has 0 aliphatic carbocycles. The third-order valence-electron chi connectivity index (χ3n) is 9.80. The molecule has 62 heavy (non-hydrogen) atoms. The number of hydrogen-bond donors (Lipinski definition) is 0. The Kier molecular flexibility index (Phi) is 16.6. The fourth-order valence-electron chi connectivity index (χ4n) is 6.21. The molecule has 0 spiro atoms. The van der Waals surface area contributed by atoms with Crippen molar-refractivity contribution in [3.63, 3.8) is 0 Å². The molecule has 6 rings (SSSR count). The monoisotopic (exact) mass is 984 g/mol.